The Morgan fingerprint density at radius 1 is 0.837 bits per heavy atom. The lowest BCUT2D eigenvalue weighted by molar-refractivity contribution is 0.0677. The standard InChI is InChI=1S/C40H46N2S/c1-24-12-11-13-26(16-25-19-36(2,3)22-37(4,5)20-25)34(24)31-21-41(8)35-40-23-38(40,6)39(40,7)29-18-33-28(17-30(29)42(31)35)27-14-9-10-15-32(27)43-33/h9-15,17-18,21,25,35H,16,19-20,22-23H2,1-8H3/t35-,38?,39?,40+/m1/s1. The van der Waals surface area contributed by atoms with Crippen LogP contribution < -0.4 is 4.90 Å². The first-order chi connectivity index (χ1) is 20.3. The summed E-state index contributed by atoms with van der Waals surface area (Å²) in [6.45, 7) is 17.5. The maximum absolute atomic E-state index is 2.81. The van der Waals surface area contributed by atoms with Gasteiger partial charge in [0.1, 0.15) is 6.17 Å². The fourth-order valence-corrected chi connectivity index (χ4v) is 13.0. The molecule has 5 aliphatic rings. The third-order valence-electron chi connectivity index (χ3n) is 13.1. The Kier molecular flexibility index (Phi) is 4.88. The Balaban J connectivity index is 1.21. The number of rotatable bonds is 3. The number of anilines is 1. The van der Waals surface area contributed by atoms with Gasteiger partial charge in [0.2, 0.25) is 0 Å². The molecule has 0 saturated heterocycles. The summed E-state index contributed by atoms with van der Waals surface area (Å²) in [4.78, 5) is 5.40. The van der Waals surface area contributed by atoms with Crippen LogP contribution in [-0.4, -0.2) is 18.1 Å². The van der Waals surface area contributed by atoms with Crippen LogP contribution in [0.4, 0.5) is 5.69 Å². The molecule has 2 aliphatic heterocycles. The van der Waals surface area contributed by atoms with E-state index in [1.807, 2.05) is 11.3 Å². The largest absolute Gasteiger partial charge is 0.358 e. The number of nitrogens with zero attached hydrogens (tertiary/aromatic N) is 2. The molecule has 43 heavy (non-hydrogen) atoms. The van der Waals surface area contributed by atoms with Gasteiger partial charge in [-0.2, -0.15) is 0 Å². The zero-order chi connectivity index (χ0) is 29.9. The van der Waals surface area contributed by atoms with Crippen LogP contribution in [0.3, 0.4) is 0 Å². The molecule has 222 valence electrons. The molecule has 0 N–H and O–H groups in total. The molecule has 3 aromatic carbocycles. The number of hydrogen-bond donors (Lipinski definition) is 0. The lowest BCUT2D eigenvalue weighted by atomic mass is 9.60. The van der Waals surface area contributed by atoms with E-state index >= 15 is 0 Å². The van der Waals surface area contributed by atoms with Crippen molar-refractivity contribution in [3.05, 3.63) is 83.1 Å². The molecule has 3 heterocycles. The van der Waals surface area contributed by atoms with Gasteiger partial charge in [0.25, 0.3) is 0 Å². The van der Waals surface area contributed by atoms with Gasteiger partial charge in [-0.05, 0) is 96.1 Å². The molecule has 4 aromatic rings. The van der Waals surface area contributed by atoms with Gasteiger partial charge in [-0.1, -0.05) is 77.9 Å². The van der Waals surface area contributed by atoms with Crippen LogP contribution in [0.5, 0.6) is 0 Å². The molecule has 1 aromatic heterocycles. The van der Waals surface area contributed by atoms with Crippen LogP contribution in [0.25, 0.3) is 25.9 Å². The van der Waals surface area contributed by atoms with E-state index in [1.54, 1.807) is 11.1 Å². The van der Waals surface area contributed by atoms with Crippen LogP contribution in [0.1, 0.15) is 89.5 Å². The molecule has 0 amide bonds. The number of aryl methyl sites for hydroxylation is 1. The second kappa shape index (κ2) is 7.89. The third-order valence-corrected chi connectivity index (χ3v) is 14.3. The van der Waals surface area contributed by atoms with Crippen LogP contribution in [0.15, 0.2) is 60.8 Å². The Morgan fingerprint density at radius 3 is 2.33 bits per heavy atom. The molecular formula is C40H46N2S. The van der Waals surface area contributed by atoms with Gasteiger partial charge >= 0.3 is 0 Å². The Bertz CT molecular complexity index is 1890. The van der Waals surface area contributed by atoms with Crippen LogP contribution in [0.2, 0.25) is 0 Å². The van der Waals surface area contributed by atoms with Crippen molar-refractivity contribution in [1.29, 1.82) is 0 Å². The summed E-state index contributed by atoms with van der Waals surface area (Å²) in [5.41, 5.74) is 10.7. The topological polar surface area (TPSA) is 6.48 Å². The van der Waals surface area contributed by atoms with E-state index in [9.17, 15) is 0 Å². The molecule has 1 spiro atoms. The molecule has 0 bridgehead atoms. The zero-order valence-electron chi connectivity index (χ0n) is 27.3. The molecule has 9 rings (SSSR count). The van der Waals surface area contributed by atoms with Crippen molar-refractivity contribution in [2.45, 2.75) is 92.2 Å². The van der Waals surface area contributed by atoms with E-state index in [-0.39, 0.29) is 5.41 Å². The summed E-state index contributed by atoms with van der Waals surface area (Å²) < 4.78 is 2.85. The minimum absolute atomic E-state index is 0.242. The smallest absolute Gasteiger partial charge is 0.113 e. The number of benzene rings is 3. The predicted molar refractivity (Wildman–Crippen MR) is 184 cm³/mol. The van der Waals surface area contributed by atoms with Crippen molar-refractivity contribution < 1.29 is 0 Å². The lowest BCUT2D eigenvalue weighted by Crippen LogP contribution is -2.49. The van der Waals surface area contributed by atoms with Gasteiger partial charge in [-0.3, -0.25) is 0 Å². The number of thiophene rings is 1. The SMILES string of the molecule is Cc1cccc(CC2CC(C)(C)CC(C)(C)C2)c1C1=CN(C)[C@@H]2N1c1cc3c(cc1C1(C)C4(C)C[C@]241)sc1ccccc13. The van der Waals surface area contributed by atoms with E-state index < -0.39 is 0 Å². The van der Waals surface area contributed by atoms with E-state index in [2.05, 4.69) is 126 Å². The summed E-state index contributed by atoms with van der Waals surface area (Å²) in [5.74, 6) is 0.720. The molecule has 3 saturated carbocycles. The van der Waals surface area contributed by atoms with Crippen molar-refractivity contribution in [2.24, 2.45) is 27.6 Å². The first-order valence-corrected chi connectivity index (χ1v) is 17.4. The minimum Gasteiger partial charge on any atom is -0.358 e. The molecule has 3 fully saturated rings. The first kappa shape index (κ1) is 26.6. The third kappa shape index (κ3) is 3.16. The summed E-state index contributed by atoms with van der Waals surface area (Å²) in [6.07, 6.45) is 9.37. The van der Waals surface area contributed by atoms with Gasteiger partial charge in [-0.15, -0.1) is 11.3 Å². The summed E-state index contributed by atoms with van der Waals surface area (Å²) in [5, 5.41) is 2.82. The van der Waals surface area contributed by atoms with E-state index in [0.717, 1.165) is 5.92 Å². The van der Waals surface area contributed by atoms with Gasteiger partial charge < -0.3 is 9.80 Å². The molecule has 2 nitrogen and oxygen atoms in total. The van der Waals surface area contributed by atoms with Crippen LogP contribution >= 0.6 is 11.3 Å². The minimum atomic E-state index is 0.242. The molecule has 4 atom stereocenters. The van der Waals surface area contributed by atoms with Crippen molar-refractivity contribution in [3.63, 3.8) is 0 Å². The van der Waals surface area contributed by atoms with Crippen molar-refractivity contribution in [2.75, 3.05) is 11.9 Å². The molecule has 3 heteroatoms. The highest BCUT2D eigenvalue weighted by atomic mass is 32.1. The average Bonchev–Trinajstić information content (AvgIpc) is 3.46. The Hall–Kier alpha value is -2.78. The highest BCUT2D eigenvalue weighted by molar-refractivity contribution is 7.25. The number of fused-ring (bicyclic) bond motifs is 8. The average molecular weight is 587 g/mol. The quantitative estimate of drug-likeness (QED) is 0.236. The highest BCUT2D eigenvalue weighted by Crippen LogP contribution is 3.00. The van der Waals surface area contributed by atoms with E-state index in [0.29, 0.717) is 27.8 Å². The maximum atomic E-state index is 2.81. The Labute approximate surface area is 261 Å². The molecule has 3 aliphatic carbocycles. The fraction of sp³-hybridized carbons (Fsp3) is 0.500. The van der Waals surface area contributed by atoms with Crippen LogP contribution in [0, 0.1) is 34.5 Å². The molecule has 2 unspecified atom stereocenters. The fourth-order valence-electron chi connectivity index (χ4n) is 11.9. The number of hydrogen-bond acceptors (Lipinski definition) is 3. The second-order valence-corrected chi connectivity index (χ2v) is 18.2. The molecule has 0 radical (unpaired) electrons. The van der Waals surface area contributed by atoms with Crippen molar-refractivity contribution in [1.82, 2.24) is 4.90 Å². The second-order valence-electron chi connectivity index (χ2n) is 17.1. The van der Waals surface area contributed by atoms with E-state index in [4.69, 9.17) is 0 Å². The highest BCUT2D eigenvalue weighted by Gasteiger charge is 3.00. The predicted octanol–water partition coefficient (Wildman–Crippen LogP) is 10.5. The van der Waals surface area contributed by atoms with Crippen molar-refractivity contribution in [3.8, 4) is 0 Å². The maximum Gasteiger partial charge on any atom is 0.113 e. The monoisotopic (exact) mass is 586 g/mol. The summed E-state index contributed by atoms with van der Waals surface area (Å²) in [6, 6.07) is 21.3. The zero-order valence-corrected chi connectivity index (χ0v) is 28.1. The van der Waals surface area contributed by atoms with Crippen molar-refractivity contribution >= 4 is 42.9 Å². The normalized spacial score (nSPS) is 33.2. The van der Waals surface area contributed by atoms with Gasteiger partial charge in [0.05, 0.1) is 5.70 Å². The first-order valence-electron chi connectivity index (χ1n) is 16.6. The molecular weight excluding hydrogens is 541 g/mol. The summed E-state index contributed by atoms with van der Waals surface area (Å²) in [7, 11) is 2.35. The summed E-state index contributed by atoms with van der Waals surface area (Å²) >= 11 is 1.97. The Morgan fingerprint density at radius 2 is 1.58 bits per heavy atom. The van der Waals surface area contributed by atoms with Gasteiger partial charge in [-0.25, -0.2) is 0 Å². The lowest BCUT2D eigenvalue weighted by Gasteiger charge is -2.46. The van der Waals surface area contributed by atoms with Crippen LogP contribution in [-0.2, 0) is 11.8 Å². The van der Waals surface area contributed by atoms with Gasteiger partial charge in [0, 0.05) is 55.5 Å². The van der Waals surface area contributed by atoms with E-state index in [1.165, 1.54) is 74.8 Å². The van der Waals surface area contributed by atoms with Gasteiger partial charge in [0.15, 0.2) is 0 Å².